The van der Waals surface area contributed by atoms with Crippen molar-refractivity contribution < 1.29 is 9.53 Å². The Labute approximate surface area is 209 Å². The maximum Gasteiger partial charge on any atom is 0.246 e. The third-order valence-electron chi connectivity index (χ3n) is 6.91. The van der Waals surface area contributed by atoms with E-state index in [1.807, 2.05) is 29.3 Å². The molecule has 1 atom stereocenters. The van der Waals surface area contributed by atoms with Crippen LogP contribution in [0.3, 0.4) is 0 Å². The predicted octanol–water partition coefficient (Wildman–Crippen LogP) is 6.00. The van der Waals surface area contributed by atoms with Crippen molar-refractivity contribution in [2.75, 3.05) is 13.2 Å². The number of amides is 1. The fourth-order valence-electron chi connectivity index (χ4n) is 5.15. The van der Waals surface area contributed by atoms with E-state index in [-0.39, 0.29) is 11.9 Å². The Bertz CT molecular complexity index is 1590. The molecule has 6 nitrogen and oxygen atoms in total. The average Bonchev–Trinajstić information content (AvgIpc) is 3.56. The molecule has 36 heavy (non-hydrogen) atoms. The predicted molar refractivity (Wildman–Crippen MR) is 143 cm³/mol. The molecule has 1 aliphatic heterocycles. The minimum atomic E-state index is -0.0483. The Morgan fingerprint density at radius 3 is 2.89 bits per heavy atom. The van der Waals surface area contributed by atoms with E-state index in [0.717, 1.165) is 52.8 Å². The van der Waals surface area contributed by atoms with Gasteiger partial charge in [-0.05, 0) is 59.5 Å². The molecule has 6 heteroatoms. The van der Waals surface area contributed by atoms with E-state index in [4.69, 9.17) is 9.72 Å². The van der Waals surface area contributed by atoms with E-state index >= 15 is 0 Å². The van der Waals surface area contributed by atoms with Crippen LogP contribution >= 0.6 is 0 Å². The van der Waals surface area contributed by atoms with E-state index in [0.29, 0.717) is 12.4 Å². The van der Waals surface area contributed by atoms with Crippen LogP contribution in [0.4, 0.5) is 0 Å². The Morgan fingerprint density at radius 2 is 2.00 bits per heavy atom. The van der Waals surface area contributed by atoms with E-state index in [1.54, 1.807) is 12.4 Å². The van der Waals surface area contributed by atoms with Gasteiger partial charge in [0.25, 0.3) is 0 Å². The number of hydrogen-bond donors (Lipinski definition) is 1. The molecular formula is C30H26N4O2. The number of H-pyrrole nitrogens is 1. The molecule has 178 valence electrons. The quantitative estimate of drug-likeness (QED) is 0.306. The lowest BCUT2D eigenvalue weighted by Crippen LogP contribution is -2.38. The van der Waals surface area contributed by atoms with Gasteiger partial charge in [0.1, 0.15) is 12.4 Å². The highest BCUT2D eigenvalue weighted by molar-refractivity contribution is 6.04. The lowest BCUT2D eigenvalue weighted by atomic mass is 9.98. The summed E-state index contributed by atoms with van der Waals surface area (Å²) in [6.07, 6.45) is 8.59. The molecule has 1 N–H and O–H groups in total. The van der Waals surface area contributed by atoms with Gasteiger partial charge in [-0.3, -0.25) is 14.8 Å². The van der Waals surface area contributed by atoms with Gasteiger partial charge in [0.05, 0.1) is 29.0 Å². The molecule has 4 heterocycles. The van der Waals surface area contributed by atoms with Gasteiger partial charge in [-0.15, -0.1) is 0 Å². The number of likely N-dealkylation sites (tertiary alicyclic amines) is 1. The molecule has 5 aromatic rings. The van der Waals surface area contributed by atoms with E-state index < -0.39 is 0 Å². The standard InChI is InChI=1S/C30H26N4O2/c1-2-27(35)34-16-6-9-23(34)19-36-26-18-31-15-13-24(26)29-28(30-25(33-29)10-5-14-32-30)22-12-11-20-7-3-4-8-21(20)17-22/h2-5,7-8,10-15,17-18,23,33H,1,6,9,16,19H2/t23-/m0/s1. The Balaban J connectivity index is 1.42. The van der Waals surface area contributed by atoms with Crippen LogP contribution < -0.4 is 4.74 Å². The zero-order valence-corrected chi connectivity index (χ0v) is 19.9. The monoisotopic (exact) mass is 474 g/mol. The number of rotatable bonds is 6. The second-order valence-corrected chi connectivity index (χ2v) is 9.05. The van der Waals surface area contributed by atoms with Crippen LogP contribution in [0.1, 0.15) is 12.8 Å². The summed E-state index contributed by atoms with van der Waals surface area (Å²) < 4.78 is 6.33. The van der Waals surface area contributed by atoms with Gasteiger partial charge in [0.2, 0.25) is 5.91 Å². The lowest BCUT2D eigenvalue weighted by Gasteiger charge is -2.24. The minimum absolute atomic E-state index is 0.0212. The van der Waals surface area contributed by atoms with Crippen molar-refractivity contribution in [3.8, 4) is 28.1 Å². The van der Waals surface area contributed by atoms with Crippen LogP contribution in [0.25, 0.3) is 44.2 Å². The molecule has 6 rings (SSSR count). The minimum Gasteiger partial charge on any atom is -0.489 e. The number of benzene rings is 2. The number of aromatic nitrogens is 3. The van der Waals surface area contributed by atoms with Crippen LogP contribution in [0, 0.1) is 0 Å². The van der Waals surface area contributed by atoms with Crippen molar-refractivity contribution in [2.24, 2.45) is 0 Å². The van der Waals surface area contributed by atoms with Crippen LogP contribution in [-0.2, 0) is 4.79 Å². The van der Waals surface area contributed by atoms with Gasteiger partial charge in [0, 0.05) is 30.1 Å². The number of fused-ring (bicyclic) bond motifs is 2. The smallest absolute Gasteiger partial charge is 0.246 e. The highest BCUT2D eigenvalue weighted by Gasteiger charge is 2.28. The van der Waals surface area contributed by atoms with Gasteiger partial charge in [0.15, 0.2) is 0 Å². The molecule has 1 fully saturated rings. The molecule has 2 aromatic carbocycles. The normalized spacial score (nSPS) is 15.4. The number of nitrogens with one attached hydrogen (secondary N) is 1. The topological polar surface area (TPSA) is 71.1 Å². The summed E-state index contributed by atoms with van der Waals surface area (Å²) in [4.78, 5) is 26.7. The number of nitrogens with zero attached hydrogens (tertiary/aromatic N) is 3. The summed E-state index contributed by atoms with van der Waals surface area (Å²) in [6.45, 7) is 4.78. The van der Waals surface area contributed by atoms with Gasteiger partial charge < -0.3 is 14.6 Å². The van der Waals surface area contributed by atoms with Crippen LogP contribution in [-0.4, -0.2) is 45.0 Å². The third-order valence-corrected chi connectivity index (χ3v) is 6.91. The number of pyridine rings is 2. The number of ether oxygens (including phenoxy) is 1. The molecule has 0 spiro atoms. The zero-order valence-electron chi connectivity index (χ0n) is 19.9. The summed E-state index contributed by atoms with van der Waals surface area (Å²) in [6, 6.07) is 20.8. The van der Waals surface area contributed by atoms with Crippen molar-refractivity contribution in [2.45, 2.75) is 18.9 Å². The second-order valence-electron chi connectivity index (χ2n) is 9.05. The van der Waals surface area contributed by atoms with E-state index in [1.165, 1.54) is 16.8 Å². The van der Waals surface area contributed by atoms with Crippen molar-refractivity contribution in [3.05, 3.63) is 91.9 Å². The molecule has 0 bridgehead atoms. The number of carbonyl (C=O) groups excluding carboxylic acids is 1. The number of hydrogen-bond acceptors (Lipinski definition) is 4. The van der Waals surface area contributed by atoms with Crippen LogP contribution in [0.2, 0.25) is 0 Å². The van der Waals surface area contributed by atoms with Crippen LogP contribution in [0.15, 0.2) is 91.9 Å². The SMILES string of the molecule is C=CC(=O)N1CCC[C@H]1COc1cnccc1-c1[nH]c2cccnc2c1-c1ccc2ccccc2c1. The second kappa shape index (κ2) is 9.30. The number of carbonyl (C=O) groups is 1. The highest BCUT2D eigenvalue weighted by Crippen LogP contribution is 2.41. The first-order valence-electron chi connectivity index (χ1n) is 12.2. The Kier molecular flexibility index (Phi) is 5.70. The average molecular weight is 475 g/mol. The summed E-state index contributed by atoms with van der Waals surface area (Å²) >= 11 is 0. The van der Waals surface area contributed by atoms with Gasteiger partial charge in [-0.2, -0.15) is 0 Å². The third kappa shape index (κ3) is 3.90. The lowest BCUT2D eigenvalue weighted by molar-refractivity contribution is -0.127. The maximum atomic E-state index is 12.2. The van der Waals surface area contributed by atoms with E-state index in [2.05, 4.69) is 59.0 Å². The summed E-state index contributed by atoms with van der Waals surface area (Å²) in [5, 5.41) is 2.37. The largest absolute Gasteiger partial charge is 0.489 e. The number of aromatic amines is 1. The first kappa shape index (κ1) is 22.0. The molecule has 1 amide bonds. The van der Waals surface area contributed by atoms with Crippen molar-refractivity contribution >= 4 is 27.7 Å². The van der Waals surface area contributed by atoms with Gasteiger partial charge in [-0.25, -0.2) is 0 Å². The van der Waals surface area contributed by atoms with Crippen molar-refractivity contribution in [1.82, 2.24) is 19.9 Å². The van der Waals surface area contributed by atoms with E-state index in [9.17, 15) is 4.79 Å². The zero-order chi connectivity index (χ0) is 24.5. The van der Waals surface area contributed by atoms with Crippen molar-refractivity contribution in [3.63, 3.8) is 0 Å². The molecule has 0 aliphatic carbocycles. The maximum absolute atomic E-state index is 12.2. The molecule has 1 saturated heterocycles. The first-order chi connectivity index (χ1) is 17.7. The Morgan fingerprint density at radius 1 is 1.11 bits per heavy atom. The van der Waals surface area contributed by atoms with Crippen LogP contribution in [0.5, 0.6) is 5.75 Å². The fourth-order valence-corrected chi connectivity index (χ4v) is 5.15. The summed E-state index contributed by atoms with van der Waals surface area (Å²) in [7, 11) is 0. The van der Waals surface area contributed by atoms with Gasteiger partial charge >= 0.3 is 0 Å². The molecule has 0 radical (unpaired) electrons. The van der Waals surface area contributed by atoms with Crippen molar-refractivity contribution in [1.29, 1.82) is 0 Å². The summed E-state index contributed by atoms with van der Waals surface area (Å²) in [5.41, 5.74) is 5.81. The first-order valence-corrected chi connectivity index (χ1v) is 12.2. The molecule has 3 aromatic heterocycles. The highest BCUT2D eigenvalue weighted by atomic mass is 16.5. The van der Waals surface area contributed by atoms with Gasteiger partial charge in [-0.1, -0.05) is 43.0 Å². The fraction of sp³-hybridized carbons (Fsp3) is 0.167. The molecule has 1 aliphatic rings. The molecular weight excluding hydrogens is 448 g/mol. The summed E-state index contributed by atoms with van der Waals surface area (Å²) in [5.74, 6) is 0.622. The molecule has 0 saturated carbocycles. The Hall–Kier alpha value is -4.45. The molecule has 0 unspecified atom stereocenters.